The number of halogens is 1. The van der Waals surface area contributed by atoms with Gasteiger partial charge in [-0.15, -0.1) is 0 Å². The molecule has 6 heteroatoms. The third-order valence-corrected chi connectivity index (χ3v) is 7.60. The van der Waals surface area contributed by atoms with E-state index >= 15 is 4.39 Å². The van der Waals surface area contributed by atoms with Gasteiger partial charge in [0.15, 0.2) is 0 Å². The summed E-state index contributed by atoms with van der Waals surface area (Å²) in [5, 5.41) is 9.73. The molecule has 0 heterocycles. The zero-order valence-electron chi connectivity index (χ0n) is 22.2. The van der Waals surface area contributed by atoms with Crippen molar-refractivity contribution in [2.75, 3.05) is 6.61 Å². The SMILES string of the molecule is CCCCOc1ccc(C(=O)Oc2ccc(CCC(CC)C[C@@](F)(C(=O)O)C3CCCCC3)cc2)cc1. The van der Waals surface area contributed by atoms with Gasteiger partial charge in [0.05, 0.1) is 12.2 Å². The van der Waals surface area contributed by atoms with Crippen molar-refractivity contribution >= 4 is 11.9 Å². The molecular weight excluding hydrogens is 471 g/mol. The van der Waals surface area contributed by atoms with Gasteiger partial charge in [-0.05, 0) is 86.4 Å². The number of carbonyl (C=O) groups excluding carboxylic acids is 1. The van der Waals surface area contributed by atoms with E-state index in [0.29, 0.717) is 43.6 Å². The quantitative estimate of drug-likeness (QED) is 0.159. The molecule has 1 unspecified atom stereocenters. The maximum absolute atomic E-state index is 15.7. The molecular formula is C31H41FO5. The minimum atomic E-state index is -2.14. The maximum atomic E-state index is 15.7. The fourth-order valence-electron chi connectivity index (χ4n) is 5.14. The summed E-state index contributed by atoms with van der Waals surface area (Å²) in [5.74, 6) is -0.944. The lowest BCUT2D eigenvalue weighted by Gasteiger charge is -2.35. The van der Waals surface area contributed by atoms with E-state index in [1.807, 2.05) is 19.1 Å². The van der Waals surface area contributed by atoms with Gasteiger partial charge >= 0.3 is 11.9 Å². The molecule has 37 heavy (non-hydrogen) atoms. The van der Waals surface area contributed by atoms with Gasteiger partial charge in [0.2, 0.25) is 5.67 Å². The van der Waals surface area contributed by atoms with Crippen molar-refractivity contribution < 1.29 is 28.6 Å². The zero-order valence-corrected chi connectivity index (χ0v) is 22.2. The number of rotatable bonds is 14. The lowest BCUT2D eigenvalue weighted by atomic mass is 9.73. The van der Waals surface area contributed by atoms with Crippen LogP contribution in [0.3, 0.4) is 0 Å². The molecule has 1 saturated carbocycles. The molecule has 2 atom stereocenters. The minimum Gasteiger partial charge on any atom is -0.494 e. The number of aryl methyl sites for hydroxylation is 1. The van der Waals surface area contributed by atoms with Gasteiger partial charge in [-0.25, -0.2) is 14.0 Å². The number of carboxylic acid groups (broad SMARTS) is 1. The van der Waals surface area contributed by atoms with Crippen LogP contribution in [0.15, 0.2) is 48.5 Å². The highest BCUT2D eigenvalue weighted by Crippen LogP contribution is 2.41. The van der Waals surface area contributed by atoms with Gasteiger partial charge in [-0.2, -0.15) is 0 Å². The summed E-state index contributed by atoms with van der Waals surface area (Å²) in [5.41, 5.74) is -0.646. The molecule has 2 aromatic rings. The van der Waals surface area contributed by atoms with E-state index in [2.05, 4.69) is 6.92 Å². The topological polar surface area (TPSA) is 72.8 Å². The number of alkyl halides is 1. The number of ether oxygens (including phenoxy) is 2. The third kappa shape index (κ3) is 8.31. The summed E-state index contributed by atoms with van der Waals surface area (Å²) in [6, 6.07) is 14.2. The molecule has 5 nitrogen and oxygen atoms in total. The largest absolute Gasteiger partial charge is 0.494 e. The number of carbonyl (C=O) groups is 2. The van der Waals surface area contributed by atoms with Crippen molar-refractivity contribution in [1.29, 1.82) is 0 Å². The van der Waals surface area contributed by atoms with Crippen LogP contribution in [0.5, 0.6) is 11.5 Å². The van der Waals surface area contributed by atoms with Gasteiger partial charge in [-0.3, -0.25) is 0 Å². The van der Waals surface area contributed by atoms with Crippen molar-refractivity contribution in [2.45, 2.75) is 90.1 Å². The van der Waals surface area contributed by atoms with Crippen molar-refractivity contribution in [1.82, 2.24) is 0 Å². The van der Waals surface area contributed by atoms with Crippen molar-refractivity contribution in [3.05, 3.63) is 59.7 Å². The summed E-state index contributed by atoms with van der Waals surface area (Å²) in [6.07, 6.45) is 8.50. The second kappa shape index (κ2) is 14.2. The van der Waals surface area contributed by atoms with Crippen molar-refractivity contribution in [3.8, 4) is 11.5 Å². The molecule has 0 bridgehead atoms. The summed E-state index contributed by atoms with van der Waals surface area (Å²) >= 11 is 0. The maximum Gasteiger partial charge on any atom is 0.343 e. The molecule has 0 saturated heterocycles. The van der Waals surface area contributed by atoms with Crippen LogP contribution < -0.4 is 9.47 Å². The lowest BCUT2D eigenvalue weighted by Crippen LogP contribution is -2.44. The van der Waals surface area contributed by atoms with Crippen LogP contribution >= 0.6 is 0 Å². The van der Waals surface area contributed by atoms with E-state index in [4.69, 9.17) is 9.47 Å². The minimum absolute atomic E-state index is 0.00513. The summed E-state index contributed by atoms with van der Waals surface area (Å²) in [7, 11) is 0. The standard InChI is InChI=1S/C31H41FO5/c1-3-5-21-36-27-19-15-25(16-20-27)29(33)37-28-17-13-24(14-18-28)12-11-23(4-2)22-31(32,30(34)35)26-9-7-6-8-10-26/h13-20,23,26H,3-12,21-22H2,1-2H3,(H,34,35)/t23?,31-/m0/s1. The molecule has 1 N–H and O–H groups in total. The highest BCUT2D eigenvalue weighted by molar-refractivity contribution is 5.91. The Morgan fingerprint density at radius 2 is 1.65 bits per heavy atom. The Labute approximate surface area is 220 Å². The van der Waals surface area contributed by atoms with E-state index in [9.17, 15) is 14.7 Å². The van der Waals surface area contributed by atoms with E-state index in [1.54, 1.807) is 36.4 Å². The predicted octanol–water partition coefficient (Wildman–Crippen LogP) is 7.81. The van der Waals surface area contributed by atoms with Crippen LogP contribution in [0.1, 0.15) is 94.0 Å². The molecule has 1 aliphatic rings. The van der Waals surface area contributed by atoms with E-state index < -0.39 is 17.6 Å². The molecule has 202 valence electrons. The number of benzene rings is 2. The first-order chi connectivity index (χ1) is 17.9. The first kappa shape index (κ1) is 28.7. The fraction of sp³-hybridized carbons (Fsp3) is 0.548. The van der Waals surface area contributed by atoms with E-state index in [0.717, 1.165) is 49.8 Å². The van der Waals surface area contributed by atoms with E-state index in [-0.39, 0.29) is 18.3 Å². The fourth-order valence-corrected chi connectivity index (χ4v) is 5.14. The summed E-state index contributed by atoms with van der Waals surface area (Å²) in [6.45, 7) is 4.76. The van der Waals surface area contributed by atoms with Gasteiger partial charge in [0, 0.05) is 5.92 Å². The van der Waals surface area contributed by atoms with Crippen LogP contribution in [0.25, 0.3) is 0 Å². The molecule has 3 rings (SSSR count). The Bertz CT molecular complexity index is 982. The van der Waals surface area contributed by atoms with Gasteiger partial charge in [0.1, 0.15) is 11.5 Å². The lowest BCUT2D eigenvalue weighted by molar-refractivity contribution is -0.158. The first-order valence-electron chi connectivity index (χ1n) is 13.8. The molecule has 0 aromatic heterocycles. The second-order valence-electron chi connectivity index (χ2n) is 10.3. The van der Waals surface area contributed by atoms with Crippen LogP contribution in [-0.2, 0) is 11.2 Å². The van der Waals surface area contributed by atoms with Crippen molar-refractivity contribution in [3.63, 3.8) is 0 Å². The number of hydrogen-bond acceptors (Lipinski definition) is 4. The molecule has 1 aliphatic carbocycles. The Balaban J connectivity index is 1.51. The molecule has 2 aromatic carbocycles. The third-order valence-electron chi connectivity index (χ3n) is 7.60. The molecule has 0 radical (unpaired) electrons. The Hall–Kier alpha value is -2.89. The predicted molar refractivity (Wildman–Crippen MR) is 143 cm³/mol. The average Bonchev–Trinajstić information content (AvgIpc) is 2.92. The van der Waals surface area contributed by atoms with Gasteiger partial charge < -0.3 is 14.6 Å². The Morgan fingerprint density at radius 3 is 2.24 bits per heavy atom. The monoisotopic (exact) mass is 512 g/mol. The van der Waals surface area contributed by atoms with E-state index in [1.165, 1.54) is 0 Å². The normalized spacial score (nSPS) is 16.5. The Morgan fingerprint density at radius 1 is 1.00 bits per heavy atom. The van der Waals surface area contributed by atoms with Gasteiger partial charge in [-0.1, -0.05) is 58.1 Å². The van der Waals surface area contributed by atoms with Crippen LogP contribution in [-0.4, -0.2) is 29.3 Å². The number of hydrogen-bond donors (Lipinski definition) is 1. The number of carboxylic acids is 1. The average molecular weight is 513 g/mol. The summed E-state index contributed by atoms with van der Waals surface area (Å²) in [4.78, 5) is 24.4. The second-order valence-corrected chi connectivity index (χ2v) is 10.3. The molecule has 0 aliphatic heterocycles. The van der Waals surface area contributed by atoms with Crippen LogP contribution in [0, 0.1) is 11.8 Å². The van der Waals surface area contributed by atoms with Crippen molar-refractivity contribution in [2.24, 2.45) is 11.8 Å². The van der Waals surface area contributed by atoms with Gasteiger partial charge in [0.25, 0.3) is 0 Å². The molecule has 1 fully saturated rings. The first-order valence-corrected chi connectivity index (χ1v) is 13.8. The zero-order chi connectivity index (χ0) is 26.7. The highest BCUT2D eigenvalue weighted by atomic mass is 19.1. The highest BCUT2D eigenvalue weighted by Gasteiger charge is 2.47. The Kier molecular flexibility index (Phi) is 11.0. The van der Waals surface area contributed by atoms with Crippen LogP contribution in [0.2, 0.25) is 0 Å². The number of aliphatic carboxylic acids is 1. The number of esters is 1. The number of unbranched alkanes of at least 4 members (excludes halogenated alkanes) is 1. The molecule has 0 amide bonds. The smallest absolute Gasteiger partial charge is 0.343 e. The molecule has 0 spiro atoms. The van der Waals surface area contributed by atoms with Crippen LogP contribution in [0.4, 0.5) is 4.39 Å². The summed E-state index contributed by atoms with van der Waals surface area (Å²) < 4.78 is 26.8.